The number of thiocarbonyl (C=S) groups is 1. The molecular formula is C15H15N3O3S. The largest absolute Gasteiger partial charge is 0.322 e. The lowest BCUT2D eigenvalue weighted by Crippen LogP contribution is -2.27. The Bertz CT molecular complexity index is 697. The van der Waals surface area contributed by atoms with Crippen molar-refractivity contribution in [2.24, 2.45) is 0 Å². The van der Waals surface area contributed by atoms with Crippen molar-refractivity contribution in [2.45, 2.75) is 13.8 Å². The van der Waals surface area contributed by atoms with Gasteiger partial charge in [-0.3, -0.25) is 14.4 Å². The van der Waals surface area contributed by atoms with Crippen LogP contribution in [0, 0.1) is 6.92 Å². The number of nitrogens with zero attached hydrogens (tertiary/aromatic N) is 1. The smallest absolute Gasteiger partial charge is 0.260 e. The Morgan fingerprint density at radius 3 is 2.59 bits per heavy atom. The summed E-state index contributed by atoms with van der Waals surface area (Å²) in [6.45, 7) is 3.13. The molecule has 1 aromatic rings. The summed E-state index contributed by atoms with van der Waals surface area (Å²) in [5, 5.41) is 5.30. The number of nitrogens with one attached hydrogen (secondary N) is 2. The number of hydrogen-bond acceptors (Lipinski definition) is 4. The SMILES string of the molecule is CC(=O)C(=CN1CC(=O)NC1=S)C(=O)Nc1ccccc1C. The molecule has 0 saturated carbocycles. The fourth-order valence-corrected chi connectivity index (χ4v) is 2.16. The van der Waals surface area contributed by atoms with E-state index in [2.05, 4.69) is 10.6 Å². The van der Waals surface area contributed by atoms with Gasteiger partial charge in [-0.05, 0) is 37.7 Å². The topological polar surface area (TPSA) is 78.5 Å². The Labute approximate surface area is 133 Å². The van der Waals surface area contributed by atoms with Crippen molar-refractivity contribution in [3.8, 4) is 0 Å². The van der Waals surface area contributed by atoms with Crippen LogP contribution in [0.1, 0.15) is 12.5 Å². The molecule has 7 heteroatoms. The molecule has 1 aromatic carbocycles. The zero-order valence-electron chi connectivity index (χ0n) is 12.2. The van der Waals surface area contributed by atoms with Crippen molar-refractivity contribution in [2.75, 3.05) is 11.9 Å². The summed E-state index contributed by atoms with van der Waals surface area (Å²) in [6, 6.07) is 7.24. The van der Waals surface area contributed by atoms with E-state index >= 15 is 0 Å². The average molecular weight is 317 g/mol. The number of hydrogen-bond donors (Lipinski definition) is 2. The highest BCUT2D eigenvalue weighted by atomic mass is 32.1. The van der Waals surface area contributed by atoms with Crippen molar-refractivity contribution in [3.05, 3.63) is 41.6 Å². The summed E-state index contributed by atoms with van der Waals surface area (Å²) in [6.07, 6.45) is 1.30. The van der Waals surface area contributed by atoms with Crippen molar-refractivity contribution in [3.63, 3.8) is 0 Å². The fraction of sp³-hybridized carbons (Fsp3) is 0.200. The maximum Gasteiger partial charge on any atom is 0.260 e. The molecule has 2 amide bonds. The number of amides is 2. The van der Waals surface area contributed by atoms with Crippen LogP contribution in [0.3, 0.4) is 0 Å². The summed E-state index contributed by atoms with van der Waals surface area (Å²) in [5.74, 6) is -1.22. The van der Waals surface area contributed by atoms with Crippen LogP contribution in [0.15, 0.2) is 36.0 Å². The lowest BCUT2D eigenvalue weighted by molar-refractivity contribution is -0.120. The van der Waals surface area contributed by atoms with E-state index in [4.69, 9.17) is 12.2 Å². The highest BCUT2D eigenvalue weighted by Crippen LogP contribution is 2.15. The zero-order valence-corrected chi connectivity index (χ0v) is 13.0. The van der Waals surface area contributed by atoms with Gasteiger partial charge in [-0.15, -0.1) is 0 Å². The molecule has 0 unspecified atom stereocenters. The average Bonchev–Trinajstić information content (AvgIpc) is 2.76. The second kappa shape index (κ2) is 6.48. The van der Waals surface area contributed by atoms with Crippen LogP contribution in [0.25, 0.3) is 0 Å². The van der Waals surface area contributed by atoms with Gasteiger partial charge in [0, 0.05) is 11.9 Å². The lowest BCUT2D eigenvalue weighted by Gasteiger charge is -2.13. The molecule has 1 saturated heterocycles. The maximum absolute atomic E-state index is 12.3. The van der Waals surface area contributed by atoms with Crippen LogP contribution in [-0.2, 0) is 14.4 Å². The Hall–Kier alpha value is -2.54. The second-order valence-electron chi connectivity index (χ2n) is 4.85. The van der Waals surface area contributed by atoms with E-state index < -0.39 is 11.7 Å². The highest BCUT2D eigenvalue weighted by Gasteiger charge is 2.25. The molecule has 6 nitrogen and oxygen atoms in total. The molecule has 0 spiro atoms. The number of carbonyl (C=O) groups is 3. The zero-order chi connectivity index (χ0) is 16.3. The Morgan fingerprint density at radius 1 is 1.36 bits per heavy atom. The number of carbonyl (C=O) groups excluding carboxylic acids is 3. The third-order valence-corrected chi connectivity index (χ3v) is 3.46. The van der Waals surface area contributed by atoms with E-state index in [0.29, 0.717) is 5.69 Å². The number of rotatable bonds is 4. The van der Waals surface area contributed by atoms with Crippen LogP contribution in [0.4, 0.5) is 5.69 Å². The second-order valence-corrected chi connectivity index (χ2v) is 5.24. The number of benzene rings is 1. The van der Waals surface area contributed by atoms with E-state index in [-0.39, 0.29) is 23.1 Å². The van der Waals surface area contributed by atoms with Gasteiger partial charge >= 0.3 is 0 Å². The molecular weight excluding hydrogens is 302 g/mol. The lowest BCUT2D eigenvalue weighted by atomic mass is 10.1. The molecule has 1 heterocycles. The summed E-state index contributed by atoms with van der Waals surface area (Å²) in [5.41, 5.74) is 1.44. The van der Waals surface area contributed by atoms with E-state index in [9.17, 15) is 14.4 Å². The third-order valence-electron chi connectivity index (χ3n) is 3.12. The van der Waals surface area contributed by atoms with Crippen LogP contribution >= 0.6 is 12.2 Å². The van der Waals surface area contributed by atoms with Gasteiger partial charge in [0.15, 0.2) is 10.9 Å². The van der Waals surface area contributed by atoms with Gasteiger partial charge < -0.3 is 15.5 Å². The van der Waals surface area contributed by atoms with E-state index in [1.807, 2.05) is 19.1 Å². The molecule has 0 aliphatic carbocycles. The number of para-hydroxylation sites is 1. The van der Waals surface area contributed by atoms with Gasteiger partial charge in [-0.1, -0.05) is 18.2 Å². The van der Waals surface area contributed by atoms with Gasteiger partial charge in [0.25, 0.3) is 5.91 Å². The molecule has 2 N–H and O–H groups in total. The molecule has 0 atom stereocenters. The molecule has 22 heavy (non-hydrogen) atoms. The first-order valence-electron chi connectivity index (χ1n) is 6.58. The van der Waals surface area contributed by atoms with Gasteiger partial charge in [0.05, 0.1) is 5.57 Å². The molecule has 114 valence electrons. The normalized spacial score (nSPS) is 14.8. The van der Waals surface area contributed by atoms with Crippen molar-refractivity contribution in [1.29, 1.82) is 0 Å². The first-order valence-corrected chi connectivity index (χ1v) is 6.99. The molecule has 2 rings (SSSR count). The van der Waals surface area contributed by atoms with E-state index in [1.165, 1.54) is 18.0 Å². The summed E-state index contributed by atoms with van der Waals surface area (Å²) in [7, 11) is 0. The molecule has 0 radical (unpaired) electrons. The third kappa shape index (κ3) is 3.56. The summed E-state index contributed by atoms with van der Waals surface area (Å²) < 4.78 is 0. The number of anilines is 1. The minimum atomic E-state index is -0.538. The maximum atomic E-state index is 12.3. The van der Waals surface area contributed by atoms with Crippen molar-refractivity contribution in [1.82, 2.24) is 10.2 Å². The quantitative estimate of drug-likeness (QED) is 0.377. The predicted octanol–water partition coefficient (Wildman–Crippen LogP) is 1.12. The number of Topliss-reactive ketones (excluding diaryl/α,β-unsaturated/α-hetero) is 1. The van der Waals surface area contributed by atoms with Crippen LogP contribution in [0.5, 0.6) is 0 Å². The van der Waals surface area contributed by atoms with Gasteiger partial charge in [-0.25, -0.2) is 0 Å². The van der Waals surface area contributed by atoms with Crippen molar-refractivity contribution >= 4 is 40.6 Å². The predicted molar refractivity (Wildman–Crippen MR) is 86.0 cm³/mol. The first kappa shape index (κ1) is 15.8. The van der Waals surface area contributed by atoms with Crippen LogP contribution < -0.4 is 10.6 Å². The molecule has 1 aliphatic heterocycles. The van der Waals surface area contributed by atoms with Gasteiger partial charge in [0.1, 0.15) is 6.54 Å². The fourth-order valence-electron chi connectivity index (χ4n) is 1.93. The molecule has 0 bridgehead atoms. The highest BCUT2D eigenvalue weighted by molar-refractivity contribution is 7.80. The molecule has 1 fully saturated rings. The van der Waals surface area contributed by atoms with Crippen LogP contribution in [0.2, 0.25) is 0 Å². The Morgan fingerprint density at radius 2 is 2.05 bits per heavy atom. The van der Waals surface area contributed by atoms with Crippen molar-refractivity contribution < 1.29 is 14.4 Å². The minimum absolute atomic E-state index is 0.00669. The first-order chi connectivity index (χ1) is 10.4. The molecule has 0 aromatic heterocycles. The van der Waals surface area contributed by atoms with Gasteiger partial charge in [0.2, 0.25) is 5.91 Å². The number of aryl methyl sites for hydroxylation is 1. The number of ketones is 1. The standard InChI is InChI=1S/C15H15N3O3S/c1-9-5-3-4-6-12(9)16-14(21)11(10(2)19)7-18-8-13(20)17-15(18)22/h3-7H,8H2,1-2H3,(H,16,21)(H,17,20,22). The van der Waals surface area contributed by atoms with E-state index in [1.54, 1.807) is 12.1 Å². The summed E-state index contributed by atoms with van der Waals surface area (Å²) in [4.78, 5) is 36.7. The monoisotopic (exact) mass is 317 g/mol. The minimum Gasteiger partial charge on any atom is -0.322 e. The van der Waals surface area contributed by atoms with Crippen LogP contribution in [-0.4, -0.2) is 34.2 Å². The Kier molecular flexibility index (Phi) is 4.67. The molecule has 1 aliphatic rings. The Balaban J connectivity index is 2.23. The summed E-state index contributed by atoms with van der Waals surface area (Å²) >= 11 is 4.97. The van der Waals surface area contributed by atoms with Gasteiger partial charge in [-0.2, -0.15) is 0 Å². The van der Waals surface area contributed by atoms with E-state index in [0.717, 1.165) is 5.56 Å².